The van der Waals surface area contributed by atoms with Gasteiger partial charge < -0.3 is 14.8 Å². The van der Waals surface area contributed by atoms with E-state index in [1.54, 1.807) is 0 Å². The molecule has 4 heteroatoms. The van der Waals surface area contributed by atoms with Gasteiger partial charge in [0.25, 0.3) is 0 Å². The Balaban J connectivity index is 4.37. The molecule has 106 valence electrons. The zero-order valence-corrected chi connectivity index (χ0v) is 11.9. The van der Waals surface area contributed by atoms with Gasteiger partial charge in [-0.15, -0.1) is 0 Å². The van der Waals surface area contributed by atoms with Gasteiger partial charge >= 0.3 is 5.97 Å². The van der Waals surface area contributed by atoms with Gasteiger partial charge in [0.15, 0.2) is 0 Å². The number of carbonyl (C=O) groups is 2. The molecule has 1 unspecified atom stereocenters. The van der Waals surface area contributed by atoms with Crippen LogP contribution in [0.4, 0.5) is 0 Å². The molecular formula is C14H27NO3. The molecule has 0 saturated heterocycles. The minimum absolute atomic E-state index is 0.0478. The van der Waals surface area contributed by atoms with Crippen molar-refractivity contribution < 1.29 is 14.7 Å². The molecular weight excluding hydrogens is 230 g/mol. The predicted molar refractivity (Wildman–Crippen MR) is 72.7 cm³/mol. The van der Waals surface area contributed by atoms with E-state index in [1.165, 1.54) is 6.92 Å². The second kappa shape index (κ2) is 10.1. The summed E-state index contributed by atoms with van der Waals surface area (Å²) in [5.41, 5.74) is 0. The van der Waals surface area contributed by atoms with Crippen LogP contribution in [0.2, 0.25) is 0 Å². The molecule has 0 rings (SSSR count). The summed E-state index contributed by atoms with van der Waals surface area (Å²) >= 11 is 0. The maximum absolute atomic E-state index is 11.1. The lowest BCUT2D eigenvalue weighted by atomic mass is 10.0. The van der Waals surface area contributed by atoms with Crippen molar-refractivity contribution in [2.75, 3.05) is 19.6 Å². The molecule has 0 radical (unpaired) electrons. The Morgan fingerprint density at radius 2 is 1.61 bits per heavy atom. The van der Waals surface area contributed by atoms with Crippen LogP contribution in [0.3, 0.4) is 0 Å². The standard InChI is InChI=1S/C14H27NO3/c1-4-6-8-15(9-7-5-2)11-13(14(17)18)10-12(3)16/h13H,4-11H2,1-3H3,(H,17,18). The molecule has 0 fully saturated rings. The largest absolute Gasteiger partial charge is 0.481 e. The summed E-state index contributed by atoms with van der Waals surface area (Å²) < 4.78 is 0. The zero-order chi connectivity index (χ0) is 14.0. The van der Waals surface area contributed by atoms with Crippen molar-refractivity contribution in [2.24, 2.45) is 5.92 Å². The Morgan fingerprint density at radius 3 is 1.94 bits per heavy atom. The van der Waals surface area contributed by atoms with Crippen molar-refractivity contribution in [3.63, 3.8) is 0 Å². The van der Waals surface area contributed by atoms with Crippen LogP contribution in [0.5, 0.6) is 0 Å². The Bertz CT molecular complexity index is 245. The van der Waals surface area contributed by atoms with Gasteiger partial charge in [0.1, 0.15) is 5.78 Å². The van der Waals surface area contributed by atoms with Crippen molar-refractivity contribution in [3.8, 4) is 0 Å². The Labute approximate surface area is 110 Å². The quantitative estimate of drug-likeness (QED) is 0.618. The summed E-state index contributed by atoms with van der Waals surface area (Å²) in [4.78, 5) is 24.4. The highest BCUT2D eigenvalue weighted by Crippen LogP contribution is 2.09. The molecule has 0 aromatic heterocycles. The van der Waals surface area contributed by atoms with Crippen LogP contribution in [0.1, 0.15) is 52.9 Å². The van der Waals surface area contributed by atoms with Crippen molar-refractivity contribution in [1.82, 2.24) is 4.90 Å². The number of carbonyl (C=O) groups excluding carboxylic acids is 1. The fraction of sp³-hybridized carbons (Fsp3) is 0.857. The minimum atomic E-state index is -0.858. The first-order chi connectivity index (χ1) is 8.51. The average molecular weight is 257 g/mol. The van der Waals surface area contributed by atoms with E-state index in [9.17, 15) is 9.59 Å². The molecule has 0 aliphatic rings. The highest BCUT2D eigenvalue weighted by atomic mass is 16.4. The number of hydrogen-bond donors (Lipinski definition) is 1. The van der Waals surface area contributed by atoms with Crippen LogP contribution in [0, 0.1) is 5.92 Å². The molecule has 4 nitrogen and oxygen atoms in total. The van der Waals surface area contributed by atoms with Gasteiger partial charge in [-0.05, 0) is 32.9 Å². The number of unbranched alkanes of at least 4 members (excludes halogenated alkanes) is 2. The van der Waals surface area contributed by atoms with Crippen molar-refractivity contribution in [2.45, 2.75) is 52.9 Å². The van der Waals surface area contributed by atoms with E-state index in [0.29, 0.717) is 6.54 Å². The summed E-state index contributed by atoms with van der Waals surface area (Å²) in [5, 5.41) is 9.14. The van der Waals surface area contributed by atoms with Crippen LogP contribution >= 0.6 is 0 Å². The fourth-order valence-electron chi connectivity index (χ4n) is 1.95. The number of ketones is 1. The first-order valence-electron chi connectivity index (χ1n) is 6.95. The van der Waals surface area contributed by atoms with E-state index in [0.717, 1.165) is 38.8 Å². The molecule has 0 aliphatic heterocycles. The molecule has 0 aromatic rings. The maximum atomic E-state index is 11.1. The highest BCUT2D eigenvalue weighted by molar-refractivity contribution is 5.82. The lowest BCUT2D eigenvalue weighted by molar-refractivity contribution is -0.144. The third-order valence-electron chi connectivity index (χ3n) is 3.02. The van der Waals surface area contributed by atoms with Crippen LogP contribution in [0.15, 0.2) is 0 Å². The van der Waals surface area contributed by atoms with Crippen molar-refractivity contribution in [3.05, 3.63) is 0 Å². The SMILES string of the molecule is CCCCN(CCCC)CC(CC(C)=O)C(=O)O. The number of carboxylic acid groups (broad SMARTS) is 1. The van der Waals surface area contributed by atoms with E-state index >= 15 is 0 Å². The van der Waals surface area contributed by atoms with E-state index in [-0.39, 0.29) is 12.2 Å². The molecule has 0 aliphatic carbocycles. The summed E-state index contributed by atoms with van der Waals surface area (Å²) in [7, 11) is 0. The van der Waals surface area contributed by atoms with Gasteiger partial charge in [-0.25, -0.2) is 0 Å². The molecule has 0 spiro atoms. The second-order valence-electron chi connectivity index (χ2n) is 4.95. The molecule has 0 heterocycles. The van der Waals surface area contributed by atoms with Crippen LogP contribution in [-0.2, 0) is 9.59 Å². The summed E-state index contributed by atoms with van der Waals surface area (Å²) in [6, 6.07) is 0. The molecule has 0 amide bonds. The molecule has 0 bridgehead atoms. The number of nitrogens with zero attached hydrogens (tertiary/aromatic N) is 1. The predicted octanol–water partition coefficient (Wildman–Crippen LogP) is 2.57. The number of hydrogen-bond acceptors (Lipinski definition) is 3. The second-order valence-corrected chi connectivity index (χ2v) is 4.95. The summed E-state index contributed by atoms with van der Waals surface area (Å²) in [5.74, 6) is -1.47. The number of aliphatic carboxylic acids is 1. The third kappa shape index (κ3) is 8.23. The van der Waals surface area contributed by atoms with Gasteiger partial charge in [0, 0.05) is 13.0 Å². The number of carboxylic acids is 1. The van der Waals surface area contributed by atoms with Gasteiger partial charge in [-0.3, -0.25) is 4.79 Å². The van der Waals surface area contributed by atoms with Crippen LogP contribution in [0.25, 0.3) is 0 Å². The monoisotopic (exact) mass is 257 g/mol. The molecule has 1 N–H and O–H groups in total. The average Bonchev–Trinajstić information content (AvgIpc) is 2.30. The van der Waals surface area contributed by atoms with E-state index < -0.39 is 11.9 Å². The first-order valence-corrected chi connectivity index (χ1v) is 6.95. The lowest BCUT2D eigenvalue weighted by Gasteiger charge is -2.25. The molecule has 0 saturated carbocycles. The summed E-state index contributed by atoms with van der Waals surface area (Å²) in [6.45, 7) is 8.06. The Morgan fingerprint density at radius 1 is 1.11 bits per heavy atom. The Kier molecular flexibility index (Phi) is 9.56. The normalized spacial score (nSPS) is 12.7. The third-order valence-corrected chi connectivity index (χ3v) is 3.02. The highest BCUT2D eigenvalue weighted by Gasteiger charge is 2.22. The van der Waals surface area contributed by atoms with Crippen molar-refractivity contribution in [1.29, 1.82) is 0 Å². The van der Waals surface area contributed by atoms with E-state index in [2.05, 4.69) is 18.7 Å². The van der Waals surface area contributed by atoms with Crippen molar-refractivity contribution >= 4 is 11.8 Å². The molecule has 0 aromatic carbocycles. The lowest BCUT2D eigenvalue weighted by Crippen LogP contribution is -2.35. The minimum Gasteiger partial charge on any atom is -0.481 e. The first kappa shape index (κ1) is 17.1. The number of rotatable bonds is 11. The number of Topliss-reactive ketones (excluding diaryl/α,β-unsaturated/α-hetero) is 1. The van der Waals surface area contributed by atoms with Crippen LogP contribution in [-0.4, -0.2) is 41.4 Å². The van der Waals surface area contributed by atoms with Gasteiger partial charge in [0.05, 0.1) is 5.92 Å². The Hall–Kier alpha value is -0.900. The molecule has 1 atom stereocenters. The molecule has 18 heavy (non-hydrogen) atoms. The smallest absolute Gasteiger partial charge is 0.308 e. The summed E-state index contributed by atoms with van der Waals surface area (Å²) in [6.07, 6.45) is 4.51. The van der Waals surface area contributed by atoms with E-state index in [4.69, 9.17) is 5.11 Å². The van der Waals surface area contributed by atoms with E-state index in [1.807, 2.05) is 0 Å². The zero-order valence-electron chi connectivity index (χ0n) is 11.9. The fourth-order valence-corrected chi connectivity index (χ4v) is 1.95. The van der Waals surface area contributed by atoms with Gasteiger partial charge in [-0.1, -0.05) is 26.7 Å². The maximum Gasteiger partial charge on any atom is 0.308 e. The topological polar surface area (TPSA) is 57.6 Å². The van der Waals surface area contributed by atoms with Gasteiger partial charge in [0.2, 0.25) is 0 Å². The van der Waals surface area contributed by atoms with Crippen LogP contribution < -0.4 is 0 Å². The van der Waals surface area contributed by atoms with Gasteiger partial charge in [-0.2, -0.15) is 0 Å².